The fraction of sp³-hybridized carbons (Fsp3) is 0.435. The van der Waals surface area contributed by atoms with Crippen LogP contribution in [-0.4, -0.2) is 27.2 Å². The number of hydrogen-bond acceptors (Lipinski definition) is 4. The number of carbonyl (C=O) groups excluding carboxylic acids is 1. The van der Waals surface area contributed by atoms with E-state index in [0.29, 0.717) is 17.1 Å². The van der Waals surface area contributed by atoms with Gasteiger partial charge in [-0.05, 0) is 60.2 Å². The molecule has 2 aromatic rings. The Morgan fingerprint density at radius 2 is 1.61 bits per heavy atom. The highest BCUT2D eigenvalue weighted by molar-refractivity contribution is 5.96. The van der Waals surface area contributed by atoms with Gasteiger partial charge in [0, 0.05) is 5.56 Å². The Morgan fingerprint density at radius 1 is 0.964 bits per heavy atom. The first kappa shape index (κ1) is 21.6. The van der Waals surface area contributed by atoms with E-state index in [1.165, 1.54) is 0 Å². The van der Waals surface area contributed by atoms with Crippen LogP contribution in [0.5, 0.6) is 17.2 Å². The van der Waals surface area contributed by atoms with Gasteiger partial charge in [0.1, 0.15) is 5.75 Å². The van der Waals surface area contributed by atoms with Gasteiger partial charge in [0.2, 0.25) is 0 Å². The van der Waals surface area contributed by atoms with Gasteiger partial charge in [-0.15, -0.1) is 0 Å². The number of rotatable bonds is 8. The van der Waals surface area contributed by atoms with Gasteiger partial charge in [0.25, 0.3) is 5.91 Å². The lowest BCUT2D eigenvalue weighted by Crippen LogP contribution is -2.29. The molecule has 0 aliphatic heterocycles. The lowest BCUT2D eigenvalue weighted by atomic mass is 9.95. The smallest absolute Gasteiger partial charge is 0.252 e. The minimum absolute atomic E-state index is 0.0938. The van der Waals surface area contributed by atoms with Gasteiger partial charge < -0.3 is 19.5 Å². The second-order valence-electron chi connectivity index (χ2n) is 7.11. The summed E-state index contributed by atoms with van der Waals surface area (Å²) in [4.78, 5) is 13.1. The number of amides is 1. The SMILES string of the molecule is CC[C@@H](NC(=O)c1cc(C(C)C)c(OC)cc1C)c1ccc(OC)c(OC)c1. The standard InChI is InChI=1S/C23H31NO4/c1-8-19(16-9-10-20(26-5)22(12-16)28-7)24-23(25)18-13-17(14(2)3)21(27-6)11-15(18)4/h9-14,19H,8H2,1-7H3,(H,24,25)/t19-/m1/s1. The molecule has 1 atom stereocenters. The van der Waals surface area contributed by atoms with Crippen molar-refractivity contribution in [2.24, 2.45) is 0 Å². The molecule has 5 heteroatoms. The summed E-state index contributed by atoms with van der Waals surface area (Å²) < 4.78 is 16.2. The molecular formula is C23H31NO4. The lowest BCUT2D eigenvalue weighted by Gasteiger charge is -2.21. The average molecular weight is 386 g/mol. The molecular weight excluding hydrogens is 354 g/mol. The first-order valence-electron chi connectivity index (χ1n) is 9.57. The molecule has 0 radical (unpaired) electrons. The van der Waals surface area contributed by atoms with Crippen LogP contribution in [0.2, 0.25) is 0 Å². The molecule has 152 valence electrons. The Labute approximate surface area is 168 Å². The molecule has 0 saturated heterocycles. The molecule has 1 N–H and O–H groups in total. The van der Waals surface area contributed by atoms with Gasteiger partial charge in [-0.3, -0.25) is 4.79 Å². The molecule has 0 spiro atoms. The van der Waals surface area contributed by atoms with Crippen molar-refractivity contribution in [2.75, 3.05) is 21.3 Å². The van der Waals surface area contributed by atoms with Crippen LogP contribution in [-0.2, 0) is 0 Å². The summed E-state index contributed by atoms with van der Waals surface area (Å²) in [6.45, 7) is 8.15. The summed E-state index contributed by atoms with van der Waals surface area (Å²) in [5.74, 6) is 2.30. The van der Waals surface area contributed by atoms with Crippen molar-refractivity contribution in [2.45, 2.75) is 46.1 Å². The molecule has 0 aliphatic carbocycles. The van der Waals surface area contributed by atoms with Crippen LogP contribution in [0.3, 0.4) is 0 Å². The lowest BCUT2D eigenvalue weighted by molar-refractivity contribution is 0.0934. The predicted octanol–water partition coefficient (Wildman–Crippen LogP) is 5.03. The van der Waals surface area contributed by atoms with Crippen LogP contribution in [0.25, 0.3) is 0 Å². The molecule has 0 aliphatic rings. The Balaban J connectivity index is 2.33. The molecule has 2 rings (SSSR count). The van der Waals surface area contributed by atoms with Crippen LogP contribution in [0.15, 0.2) is 30.3 Å². The minimum atomic E-state index is -0.128. The summed E-state index contributed by atoms with van der Waals surface area (Å²) in [5.41, 5.74) is 3.56. The Hall–Kier alpha value is -2.69. The summed E-state index contributed by atoms with van der Waals surface area (Å²) >= 11 is 0. The first-order valence-corrected chi connectivity index (χ1v) is 9.57. The monoisotopic (exact) mass is 385 g/mol. The maximum atomic E-state index is 13.1. The molecule has 28 heavy (non-hydrogen) atoms. The molecule has 0 fully saturated rings. The molecule has 5 nitrogen and oxygen atoms in total. The van der Waals surface area contributed by atoms with E-state index in [4.69, 9.17) is 14.2 Å². The number of nitrogens with one attached hydrogen (secondary N) is 1. The van der Waals surface area contributed by atoms with E-state index in [9.17, 15) is 4.79 Å². The third kappa shape index (κ3) is 4.58. The highest BCUT2D eigenvalue weighted by Crippen LogP contribution is 2.32. The Bertz CT molecular complexity index is 830. The van der Waals surface area contributed by atoms with E-state index in [1.807, 2.05) is 44.2 Å². The number of benzene rings is 2. The predicted molar refractivity (Wildman–Crippen MR) is 112 cm³/mol. The number of aryl methyl sites for hydroxylation is 1. The van der Waals surface area contributed by atoms with Gasteiger partial charge in [0.05, 0.1) is 27.4 Å². The largest absolute Gasteiger partial charge is 0.496 e. The second kappa shape index (κ2) is 9.49. The quantitative estimate of drug-likeness (QED) is 0.693. The highest BCUT2D eigenvalue weighted by atomic mass is 16.5. The third-order valence-electron chi connectivity index (χ3n) is 4.97. The van der Waals surface area contributed by atoms with Crippen molar-refractivity contribution in [3.63, 3.8) is 0 Å². The van der Waals surface area contributed by atoms with E-state index in [1.54, 1.807) is 21.3 Å². The van der Waals surface area contributed by atoms with E-state index in [0.717, 1.165) is 28.9 Å². The zero-order valence-corrected chi connectivity index (χ0v) is 17.9. The molecule has 0 saturated carbocycles. The maximum absolute atomic E-state index is 13.1. The number of hydrogen-bond donors (Lipinski definition) is 1. The summed E-state index contributed by atoms with van der Waals surface area (Å²) in [7, 11) is 4.87. The fourth-order valence-electron chi connectivity index (χ4n) is 3.30. The topological polar surface area (TPSA) is 56.8 Å². The van der Waals surface area contributed by atoms with E-state index in [2.05, 4.69) is 19.2 Å². The van der Waals surface area contributed by atoms with Crippen molar-refractivity contribution in [3.8, 4) is 17.2 Å². The van der Waals surface area contributed by atoms with E-state index >= 15 is 0 Å². The van der Waals surface area contributed by atoms with Crippen LogP contribution < -0.4 is 19.5 Å². The Kier molecular flexibility index (Phi) is 7.32. The minimum Gasteiger partial charge on any atom is -0.496 e. The van der Waals surface area contributed by atoms with Crippen molar-refractivity contribution >= 4 is 5.91 Å². The van der Waals surface area contributed by atoms with Gasteiger partial charge in [-0.1, -0.05) is 26.8 Å². The zero-order valence-electron chi connectivity index (χ0n) is 17.9. The van der Waals surface area contributed by atoms with Crippen molar-refractivity contribution in [1.29, 1.82) is 0 Å². The zero-order chi connectivity index (χ0) is 20.8. The number of ether oxygens (including phenoxy) is 3. The van der Waals surface area contributed by atoms with Gasteiger partial charge >= 0.3 is 0 Å². The molecule has 0 unspecified atom stereocenters. The second-order valence-corrected chi connectivity index (χ2v) is 7.11. The average Bonchev–Trinajstić information content (AvgIpc) is 2.70. The summed E-state index contributed by atoms with van der Waals surface area (Å²) in [6.07, 6.45) is 0.757. The molecule has 0 aromatic heterocycles. The normalized spacial score (nSPS) is 11.9. The van der Waals surface area contributed by atoms with Crippen LogP contribution >= 0.6 is 0 Å². The highest BCUT2D eigenvalue weighted by Gasteiger charge is 2.20. The van der Waals surface area contributed by atoms with Gasteiger partial charge in [-0.25, -0.2) is 0 Å². The van der Waals surface area contributed by atoms with Crippen LogP contribution in [0.1, 0.15) is 66.2 Å². The molecule has 0 bridgehead atoms. The fourth-order valence-corrected chi connectivity index (χ4v) is 3.30. The van der Waals surface area contributed by atoms with Crippen LogP contribution in [0.4, 0.5) is 0 Å². The van der Waals surface area contributed by atoms with Crippen LogP contribution in [0, 0.1) is 6.92 Å². The van der Waals surface area contributed by atoms with Gasteiger partial charge in [-0.2, -0.15) is 0 Å². The van der Waals surface area contributed by atoms with Crippen molar-refractivity contribution in [3.05, 3.63) is 52.6 Å². The molecule has 1 amide bonds. The number of methoxy groups -OCH3 is 3. The maximum Gasteiger partial charge on any atom is 0.252 e. The summed E-state index contributed by atoms with van der Waals surface area (Å²) in [6, 6.07) is 9.47. The van der Waals surface area contributed by atoms with Crippen molar-refractivity contribution in [1.82, 2.24) is 5.32 Å². The third-order valence-corrected chi connectivity index (χ3v) is 4.97. The Morgan fingerprint density at radius 3 is 2.14 bits per heavy atom. The van der Waals surface area contributed by atoms with E-state index in [-0.39, 0.29) is 17.9 Å². The van der Waals surface area contributed by atoms with Crippen molar-refractivity contribution < 1.29 is 19.0 Å². The number of carbonyl (C=O) groups is 1. The summed E-state index contributed by atoms with van der Waals surface area (Å²) in [5, 5.41) is 3.16. The first-order chi connectivity index (χ1) is 13.4. The molecule has 2 aromatic carbocycles. The van der Waals surface area contributed by atoms with Gasteiger partial charge in [0.15, 0.2) is 11.5 Å². The molecule has 0 heterocycles. The van der Waals surface area contributed by atoms with E-state index < -0.39 is 0 Å².